The molecular formula is C12H8INO2. The molecule has 0 aliphatic rings. The van der Waals surface area contributed by atoms with Crippen molar-refractivity contribution in [3.63, 3.8) is 0 Å². The number of aromatic carboxylic acids is 1. The average Bonchev–Trinajstić information content (AvgIpc) is 2.29. The van der Waals surface area contributed by atoms with Gasteiger partial charge in [0.05, 0.1) is 5.69 Å². The fraction of sp³-hybridized carbons (Fsp3) is 0. The molecule has 80 valence electrons. The van der Waals surface area contributed by atoms with E-state index < -0.39 is 5.97 Å². The van der Waals surface area contributed by atoms with Crippen molar-refractivity contribution < 1.29 is 9.90 Å². The van der Waals surface area contributed by atoms with Crippen molar-refractivity contribution in [3.8, 4) is 11.3 Å². The molecule has 0 spiro atoms. The van der Waals surface area contributed by atoms with E-state index in [-0.39, 0.29) is 5.69 Å². The van der Waals surface area contributed by atoms with Gasteiger partial charge in [-0.25, -0.2) is 9.78 Å². The van der Waals surface area contributed by atoms with E-state index in [0.717, 1.165) is 9.13 Å². The number of carboxylic acids is 1. The number of carboxylic acid groups (broad SMARTS) is 1. The molecular weight excluding hydrogens is 317 g/mol. The Morgan fingerprint density at radius 2 is 1.94 bits per heavy atom. The second kappa shape index (κ2) is 4.61. The van der Waals surface area contributed by atoms with Crippen molar-refractivity contribution in [2.45, 2.75) is 0 Å². The van der Waals surface area contributed by atoms with E-state index in [4.69, 9.17) is 5.11 Å². The number of aromatic nitrogens is 1. The summed E-state index contributed by atoms with van der Waals surface area (Å²) in [5.41, 5.74) is 1.67. The maximum atomic E-state index is 10.8. The molecule has 16 heavy (non-hydrogen) atoms. The van der Waals surface area contributed by atoms with E-state index in [0.29, 0.717) is 5.69 Å². The highest BCUT2D eigenvalue weighted by Crippen LogP contribution is 2.19. The third-order valence-electron chi connectivity index (χ3n) is 2.09. The van der Waals surface area contributed by atoms with Gasteiger partial charge in [-0.1, -0.05) is 18.2 Å². The molecule has 3 nitrogen and oxygen atoms in total. The van der Waals surface area contributed by atoms with Crippen LogP contribution in [0.4, 0.5) is 0 Å². The maximum absolute atomic E-state index is 10.8. The number of hydrogen-bond acceptors (Lipinski definition) is 2. The molecule has 0 saturated carbocycles. The molecule has 0 amide bonds. The van der Waals surface area contributed by atoms with Crippen LogP contribution in [0.1, 0.15) is 10.5 Å². The van der Waals surface area contributed by atoms with Gasteiger partial charge in [0.1, 0.15) is 5.69 Å². The van der Waals surface area contributed by atoms with Crippen LogP contribution in [0.5, 0.6) is 0 Å². The second-order valence-corrected chi connectivity index (χ2v) is 4.47. The van der Waals surface area contributed by atoms with Gasteiger partial charge >= 0.3 is 5.97 Å². The van der Waals surface area contributed by atoms with Gasteiger partial charge in [-0.15, -0.1) is 0 Å². The smallest absolute Gasteiger partial charge is 0.354 e. The van der Waals surface area contributed by atoms with E-state index >= 15 is 0 Å². The number of benzene rings is 1. The first-order valence-electron chi connectivity index (χ1n) is 4.63. The van der Waals surface area contributed by atoms with Crippen LogP contribution >= 0.6 is 22.6 Å². The predicted molar refractivity (Wildman–Crippen MR) is 69.3 cm³/mol. The summed E-state index contributed by atoms with van der Waals surface area (Å²) >= 11 is 2.21. The molecule has 0 aliphatic carbocycles. The Balaban J connectivity index is 2.48. The van der Waals surface area contributed by atoms with E-state index in [1.54, 1.807) is 12.1 Å². The lowest BCUT2D eigenvalue weighted by Gasteiger charge is -2.02. The minimum atomic E-state index is -1.01. The third-order valence-corrected chi connectivity index (χ3v) is 2.76. The van der Waals surface area contributed by atoms with Crippen molar-refractivity contribution in [1.29, 1.82) is 0 Å². The highest BCUT2D eigenvalue weighted by molar-refractivity contribution is 14.1. The van der Waals surface area contributed by atoms with Gasteiger partial charge in [-0.05, 0) is 46.9 Å². The average molecular weight is 325 g/mol. The molecule has 1 aromatic heterocycles. The molecule has 0 saturated heterocycles. The largest absolute Gasteiger partial charge is 0.477 e. The number of pyridine rings is 1. The summed E-state index contributed by atoms with van der Waals surface area (Å²) in [6, 6.07) is 12.8. The van der Waals surface area contributed by atoms with Crippen LogP contribution in [0.3, 0.4) is 0 Å². The fourth-order valence-electron chi connectivity index (χ4n) is 1.36. The molecule has 2 aromatic rings. The minimum absolute atomic E-state index is 0.0661. The van der Waals surface area contributed by atoms with Gasteiger partial charge in [-0.2, -0.15) is 0 Å². The van der Waals surface area contributed by atoms with Crippen LogP contribution in [0.25, 0.3) is 11.3 Å². The van der Waals surface area contributed by atoms with Gasteiger partial charge in [0.15, 0.2) is 0 Å². The zero-order chi connectivity index (χ0) is 11.5. The van der Waals surface area contributed by atoms with E-state index in [9.17, 15) is 4.79 Å². The predicted octanol–water partition coefficient (Wildman–Crippen LogP) is 3.05. The molecule has 4 heteroatoms. The van der Waals surface area contributed by atoms with Crippen LogP contribution in [-0.2, 0) is 0 Å². The quantitative estimate of drug-likeness (QED) is 0.864. The van der Waals surface area contributed by atoms with Crippen molar-refractivity contribution in [1.82, 2.24) is 4.98 Å². The molecule has 1 heterocycles. The standard InChI is InChI=1S/C12H8INO2/c13-9-4-1-3-8(7-9)10-5-2-6-11(14-10)12(15)16/h1-7H,(H,15,16). The van der Waals surface area contributed by atoms with E-state index in [1.807, 2.05) is 24.3 Å². The van der Waals surface area contributed by atoms with E-state index in [1.165, 1.54) is 6.07 Å². The first kappa shape index (κ1) is 11.1. The minimum Gasteiger partial charge on any atom is -0.477 e. The number of carbonyl (C=O) groups is 1. The maximum Gasteiger partial charge on any atom is 0.354 e. The molecule has 0 atom stereocenters. The Labute approximate surface area is 106 Å². The van der Waals surface area contributed by atoms with Crippen molar-refractivity contribution in [2.24, 2.45) is 0 Å². The molecule has 0 bridgehead atoms. The number of halogens is 1. The van der Waals surface area contributed by atoms with Crippen LogP contribution in [0, 0.1) is 3.57 Å². The van der Waals surface area contributed by atoms with Gasteiger partial charge < -0.3 is 5.11 Å². The van der Waals surface area contributed by atoms with Crippen molar-refractivity contribution >= 4 is 28.6 Å². The van der Waals surface area contributed by atoms with E-state index in [2.05, 4.69) is 27.6 Å². The highest BCUT2D eigenvalue weighted by Gasteiger charge is 2.06. The van der Waals surface area contributed by atoms with Crippen LogP contribution in [0.15, 0.2) is 42.5 Å². The molecule has 2 rings (SSSR count). The Morgan fingerprint density at radius 1 is 1.19 bits per heavy atom. The molecule has 0 aliphatic heterocycles. The Kier molecular flexibility index (Phi) is 3.19. The van der Waals surface area contributed by atoms with Gasteiger partial charge in [-0.3, -0.25) is 0 Å². The summed E-state index contributed by atoms with van der Waals surface area (Å²) in [7, 11) is 0. The van der Waals surface area contributed by atoms with Crippen LogP contribution in [-0.4, -0.2) is 16.1 Å². The molecule has 1 N–H and O–H groups in total. The monoisotopic (exact) mass is 325 g/mol. The summed E-state index contributed by atoms with van der Waals surface area (Å²) in [6.07, 6.45) is 0. The molecule has 0 unspecified atom stereocenters. The topological polar surface area (TPSA) is 50.2 Å². The summed E-state index contributed by atoms with van der Waals surface area (Å²) in [4.78, 5) is 14.9. The Hall–Kier alpha value is -1.43. The van der Waals surface area contributed by atoms with Gasteiger partial charge in [0.2, 0.25) is 0 Å². The van der Waals surface area contributed by atoms with Crippen molar-refractivity contribution in [2.75, 3.05) is 0 Å². The first-order chi connectivity index (χ1) is 7.66. The number of hydrogen-bond donors (Lipinski definition) is 1. The van der Waals surface area contributed by atoms with Crippen LogP contribution in [0.2, 0.25) is 0 Å². The normalized spacial score (nSPS) is 10.1. The van der Waals surface area contributed by atoms with Gasteiger partial charge in [0.25, 0.3) is 0 Å². The first-order valence-corrected chi connectivity index (χ1v) is 5.71. The SMILES string of the molecule is O=C(O)c1cccc(-c2cccc(I)c2)n1. The highest BCUT2D eigenvalue weighted by atomic mass is 127. The molecule has 1 aromatic carbocycles. The Morgan fingerprint density at radius 3 is 2.62 bits per heavy atom. The fourth-order valence-corrected chi connectivity index (χ4v) is 1.91. The number of nitrogens with zero attached hydrogens (tertiary/aromatic N) is 1. The zero-order valence-electron chi connectivity index (χ0n) is 8.22. The molecule has 0 radical (unpaired) electrons. The summed E-state index contributed by atoms with van der Waals surface area (Å²) in [6.45, 7) is 0. The van der Waals surface area contributed by atoms with Crippen LogP contribution < -0.4 is 0 Å². The lowest BCUT2D eigenvalue weighted by Crippen LogP contribution is -2.00. The lowest BCUT2D eigenvalue weighted by atomic mass is 10.1. The summed E-state index contributed by atoms with van der Waals surface area (Å²) in [5.74, 6) is -1.01. The lowest BCUT2D eigenvalue weighted by molar-refractivity contribution is 0.0690. The Bertz CT molecular complexity index is 540. The number of rotatable bonds is 2. The van der Waals surface area contributed by atoms with Crippen molar-refractivity contribution in [3.05, 3.63) is 51.7 Å². The second-order valence-electron chi connectivity index (χ2n) is 3.22. The molecule has 0 fully saturated rings. The summed E-state index contributed by atoms with van der Waals surface area (Å²) < 4.78 is 1.10. The zero-order valence-corrected chi connectivity index (χ0v) is 10.4. The third kappa shape index (κ3) is 2.38. The van der Waals surface area contributed by atoms with Gasteiger partial charge in [0, 0.05) is 9.13 Å². The summed E-state index contributed by atoms with van der Waals surface area (Å²) in [5, 5.41) is 8.85.